The molecule has 0 bridgehead atoms. The lowest BCUT2D eigenvalue weighted by molar-refractivity contribution is -0.120. The third-order valence-electron chi connectivity index (χ3n) is 7.30. The van der Waals surface area contributed by atoms with E-state index in [1.54, 1.807) is 68.0 Å². The molecule has 0 aliphatic heterocycles. The van der Waals surface area contributed by atoms with Crippen LogP contribution in [-0.2, 0) is 17.8 Å². The van der Waals surface area contributed by atoms with Crippen LogP contribution in [0.1, 0.15) is 48.2 Å². The van der Waals surface area contributed by atoms with Crippen LogP contribution >= 0.6 is 12.4 Å². The molecule has 11 heteroatoms. The maximum atomic E-state index is 14.5. The fourth-order valence-corrected chi connectivity index (χ4v) is 4.99. The smallest absolute Gasteiger partial charge is 0.241 e. The average molecular weight is 622 g/mol. The van der Waals surface area contributed by atoms with Crippen molar-refractivity contribution in [2.45, 2.75) is 38.8 Å². The average Bonchev–Trinajstić information content (AvgIpc) is 3.55. The highest BCUT2D eigenvalue weighted by molar-refractivity contribution is 5.95. The van der Waals surface area contributed by atoms with E-state index in [-0.39, 0.29) is 48.8 Å². The highest BCUT2D eigenvalue weighted by Crippen LogP contribution is 2.30. The number of H-pyrrole nitrogens is 1. The first-order valence-electron chi connectivity index (χ1n) is 14.1. The molecule has 1 aromatic heterocycles. The molecule has 0 aliphatic rings. The maximum Gasteiger partial charge on any atom is 0.241 e. The third-order valence-corrected chi connectivity index (χ3v) is 7.30. The van der Waals surface area contributed by atoms with Crippen molar-refractivity contribution in [1.82, 2.24) is 14.9 Å². The second kappa shape index (κ2) is 16.3. The second-order valence-electron chi connectivity index (χ2n) is 10.2. The molecule has 1 heterocycles. The fourth-order valence-electron chi connectivity index (χ4n) is 4.99. The minimum Gasteiger partial charge on any atom is -0.508 e. The van der Waals surface area contributed by atoms with E-state index >= 15 is 0 Å². The van der Waals surface area contributed by atoms with Gasteiger partial charge in [-0.25, -0.2) is 9.37 Å². The lowest BCUT2D eigenvalue weighted by atomic mass is 10.00. The number of nitriles is 1. The van der Waals surface area contributed by atoms with Crippen molar-refractivity contribution in [3.05, 3.63) is 101 Å². The van der Waals surface area contributed by atoms with Gasteiger partial charge in [-0.15, -0.1) is 12.4 Å². The van der Waals surface area contributed by atoms with E-state index in [0.717, 1.165) is 24.1 Å². The highest BCUT2D eigenvalue weighted by Gasteiger charge is 2.28. The lowest BCUT2D eigenvalue weighted by Gasteiger charge is -2.33. The van der Waals surface area contributed by atoms with Gasteiger partial charge in [0.15, 0.2) is 0 Å². The summed E-state index contributed by atoms with van der Waals surface area (Å²) in [6.45, 7) is 2.91. The predicted molar refractivity (Wildman–Crippen MR) is 169 cm³/mol. The number of aromatic nitrogens is 2. The van der Waals surface area contributed by atoms with Crippen LogP contribution in [0.2, 0.25) is 0 Å². The molecular weight excluding hydrogens is 585 g/mol. The lowest BCUT2D eigenvalue weighted by Crippen LogP contribution is -2.43. The van der Waals surface area contributed by atoms with E-state index in [4.69, 9.17) is 9.47 Å². The summed E-state index contributed by atoms with van der Waals surface area (Å²) in [5.74, 6) is 0.456. The van der Waals surface area contributed by atoms with Crippen molar-refractivity contribution in [2.24, 2.45) is 0 Å². The topological polar surface area (TPSA) is 115 Å². The van der Waals surface area contributed by atoms with Gasteiger partial charge in [-0.2, -0.15) is 5.26 Å². The number of unbranched alkanes of at least 4 members (excludes halogenated alkanes) is 1. The van der Waals surface area contributed by atoms with Gasteiger partial charge in [0.2, 0.25) is 5.91 Å². The Hall–Kier alpha value is -4.59. The van der Waals surface area contributed by atoms with Gasteiger partial charge in [0.05, 0.1) is 50.9 Å². The summed E-state index contributed by atoms with van der Waals surface area (Å²) < 4.78 is 25.5. The van der Waals surface area contributed by atoms with Crippen LogP contribution in [0.15, 0.2) is 73.2 Å². The minimum atomic E-state index is -0.581. The molecule has 2 N–H and O–H groups in total. The number of aromatic hydroxyl groups is 1. The van der Waals surface area contributed by atoms with E-state index in [1.165, 1.54) is 12.1 Å². The van der Waals surface area contributed by atoms with Crippen molar-refractivity contribution >= 4 is 24.0 Å². The van der Waals surface area contributed by atoms with Gasteiger partial charge in [0, 0.05) is 29.6 Å². The molecule has 0 radical (unpaired) electrons. The maximum absolute atomic E-state index is 14.5. The Morgan fingerprint density at radius 1 is 1.14 bits per heavy atom. The molecule has 0 aliphatic carbocycles. The van der Waals surface area contributed by atoms with E-state index in [2.05, 4.69) is 21.8 Å². The standard InChI is InChI=1S/C33H36FN5O4.ClH/c1-4-5-13-38(31(30-19-36-22-37-30)15-23-9-10-24(18-35)29(34)14-23)21-33(41)39(26-7-6-8-27(40)16-26)20-25-11-12-28(42-2)17-32(25)43-3;/h6-12,14,16-17,19,22,31,40H,4-5,13,15,20-21H2,1-3H3,(H,36,37);1H. The van der Waals surface area contributed by atoms with Crippen LogP contribution in [0.5, 0.6) is 17.2 Å². The number of phenols is 1. The Kier molecular flexibility index (Phi) is 12.6. The van der Waals surface area contributed by atoms with Crippen molar-refractivity contribution in [1.29, 1.82) is 5.26 Å². The number of aromatic amines is 1. The quantitative estimate of drug-likeness (QED) is 0.173. The van der Waals surface area contributed by atoms with Crippen LogP contribution in [-0.4, -0.2) is 53.2 Å². The highest BCUT2D eigenvalue weighted by atomic mass is 35.5. The van der Waals surface area contributed by atoms with Crippen molar-refractivity contribution in [3.63, 3.8) is 0 Å². The Morgan fingerprint density at radius 3 is 2.59 bits per heavy atom. The number of anilines is 1. The zero-order chi connectivity index (χ0) is 30.8. The first-order chi connectivity index (χ1) is 20.9. The summed E-state index contributed by atoms with van der Waals surface area (Å²) >= 11 is 0. The van der Waals surface area contributed by atoms with Gasteiger partial charge < -0.3 is 24.5 Å². The molecule has 232 valence electrons. The predicted octanol–water partition coefficient (Wildman–Crippen LogP) is 6.18. The summed E-state index contributed by atoms with van der Waals surface area (Å²) in [6, 6.07) is 18.1. The molecule has 0 spiro atoms. The van der Waals surface area contributed by atoms with Crippen LogP contribution < -0.4 is 14.4 Å². The van der Waals surface area contributed by atoms with Crippen LogP contribution in [0.3, 0.4) is 0 Å². The number of halogens is 2. The summed E-state index contributed by atoms with van der Waals surface area (Å²) in [5.41, 5.74) is 2.76. The number of phenolic OH excluding ortho intramolecular Hbond substituents is 1. The first-order valence-corrected chi connectivity index (χ1v) is 14.1. The van der Waals surface area contributed by atoms with Gasteiger partial charge in [-0.1, -0.05) is 25.5 Å². The van der Waals surface area contributed by atoms with Gasteiger partial charge in [0.1, 0.15) is 29.1 Å². The Bertz CT molecular complexity index is 1560. The van der Waals surface area contributed by atoms with Gasteiger partial charge in [0.25, 0.3) is 0 Å². The normalized spacial score (nSPS) is 11.4. The number of carbonyl (C=O) groups excluding carboxylic acids is 1. The van der Waals surface area contributed by atoms with Gasteiger partial charge in [-0.05, 0) is 61.3 Å². The molecule has 0 saturated carbocycles. The number of amides is 1. The minimum absolute atomic E-state index is 0. The Morgan fingerprint density at radius 2 is 1.95 bits per heavy atom. The van der Waals surface area contributed by atoms with Crippen molar-refractivity contribution in [3.8, 4) is 23.3 Å². The molecule has 1 atom stereocenters. The number of carbonyl (C=O) groups is 1. The SMILES string of the molecule is CCCCN(CC(=O)N(Cc1ccc(OC)cc1OC)c1cccc(O)c1)C(Cc1ccc(C#N)c(F)c1)c1cnc[nH]1.Cl. The molecule has 0 fully saturated rings. The monoisotopic (exact) mass is 621 g/mol. The summed E-state index contributed by atoms with van der Waals surface area (Å²) in [7, 11) is 3.14. The van der Waals surface area contributed by atoms with E-state index in [0.29, 0.717) is 35.7 Å². The molecule has 1 unspecified atom stereocenters. The molecule has 4 aromatic rings. The van der Waals surface area contributed by atoms with Gasteiger partial charge in [-0.3, -0.25) is 9.69 Å². The van der Waals surface area contributed by atoms with Crippen LogP contribution in [0.4, 0.5) is 10.1 Å². The number of nitrogens with one attached hydrogen (secondary N) is 1. The Balaban J connectivity index is 0.00000529. The van der Waals surface area contributed by atoms with Crippen molar-refractivity contribution in [2.75, 3.05) is 32.2 Å². The largest absolute Gasteiger partial charge is 0.508 e. The number of nitrogens with zero attached hydrogens (tertiary/aromatic N) is 4. The molecule has 44 heavy (non-hydrogen) atoms. The van der Waals surface area contributed by atoms with Crippen molar-refractivity contribution < 1.29 is 23.8 Å². The third kappa shape index (κ3) is 8.49. The molecular formula is C33H37ClFN5O4. The number of rotatable bonds is 14. The van der Waals surface area contributed by atoms with E-state index in [1.807, 2.05) is 18.2 Å². The fraction of sp³-hybridized carbons (Fsp3) is 0.303. The molecule has 1 amide bonds. The number of benzene rings is 3. The molecule has 9 nitrogen and oxygen atoms in total. The summed E-state index contributed by atoms with van der Waals surface area (Å²) in [5, 5.41) is 19.4. The first kappa shape index (κ1) is 33.9. The summed E-state index contributed by atoms with van der Waals surface area (Å²) in [4.78, 5) is 25.3. The second-order valence-corrected chi connectivity index (χ2v) is 10.2. The number of methoxy groups -OCH3 is 2. The van der Waals surface area contributed by atoms with Crippen LogP contribution in [0.25, 0.3) is 0 Å². The van der Waals surface area contributed by atoms with E-state index < -0.39 is 5.82 Å². The molecule has 3 aromatic carbocycles. The number of ether oxygens (including phenoxy) is 2. The molecule has 0 saturated heterocycles. The van der Waals surface area contributed by atoms with E-state index in [9.17, 15) is 19.6 Å². The zero-order valence-electron chi connectivity index (χ0n) is 25.0. The van der Waals surface area contributed by atoms with Crippen LogP contribution in [0, 0.1) is 17.1 Å². The summed E-state index contributed by atoms with van der Waals surface area (Å²) in [6.07, 6.45) is 5.42. The van der Waals surface area contributed by atoms with Gasteiger partial charge >= 0.3 is 0 Å². The molecule has 4 rings (SSSR count). The number of hydrogen-bond acceptors (Lipinski definition) is 7. The number of imidazole rings is 1. The number of hydrogen-bond donors (Lipinski definition) is 2. The zero-order valence-corrected chi connectivity index (χ0v) is 25.8. The Labute approximate surface area is 263 Å².